The van der Waals surface area contributed by atoms with E-state index in [0.29, 0.717) is 23.9 Å². The SMILES string of the molecule is Cc1ccc(NC(=O)C(=O)NCC(c2ccco2)N2CCOCC2)cc1Cl. The van der Waals surface area contributed by atoms with Crippen LogP contribution in [0.3, 0.4) is 0 Å². The van der Waals surface area contributed by atoms with Gasteiger partial charge in [-0.25, -0.2) is 0 Å². The number of nitrogens with one attached hydrogen (secondary N) is 2. The number of furan rings is 1. The smallest absolute Gasteiger partial charge is 0.313 e. The summed E-state index contributed by atoms with van der Waals surface area (Å²) in [6.45, 7) is 4.83. The van der Waals surface area contributed by atoms with Gasteiger partial charge in [-0.1, -0.05) is 17.7 Å². The van der Waals surface area contributed by atoms with Crippen LogP contribution in [0.4, 0.5) is 5.69 Å². The average molecular weight is 392 g/mol. The van der Waals surface area contributed by atoms with Crippen molar-refractivity contribution in [1.29, 1.82) is 0 Å². The summed E-state index contributed by atoms with van der Waals surface area (Å²) in [6.07, 6.45) is 1.60. The lowest BCUT2D eigenvalue weighted by molar-refractivity contribution is -0.136. The minimum atomic E-state index is -0.741. The Morgan fingerprint density at radius 3 is 2.67 bits per heavy atom. The molecule has 2 amide bonds. The van der Waals surface area contributed by atoms with Crippen LogP contribution in [0.5, 0.6) is 0 Å². The second-order valence-corrected chi connectivity index (χ2v) is 6.71. The first-order chi connectivity index (χ1) is 13.0. The van der Waals surface area contributed by atoms with E-state index in [-0.39, 0.29) is 12.6 Å². The molecular weight excluding hydrogens is 370 g/mol. The number of benzene rings is 1. The van der Waals surface area contributed by atoms with E-state index in [9.17, 15) is 9.59 Å². The standard InChI is InChI=1S/C19H22ClN3O4/c1-13-4-5-14(11-15(13)20)22-19(25)18(24)21-12-16(17-3-2-8-27-17)23-6-9-26-10-7-23/h2-5,8,11,16H,6-7,9-10,12H2,1H3,(H,21,24)(H,22,25). The lowest BCUT2D eigenvalue weighted by Gasteiger charge is -2.33. The van der Waals surface area contributed by atoms with Crippen molar-refractivity contribution >= 4 is 29.1 Å². The van der Waals surface area contributed by atoms with Crippen LogP contribution >= 0.6 is 11.6 Å². The molecule has 1 fully saturated rings. The molecule has 0 radical (unpaired) electrons. The highest BCUT2D eigenvalue weighted by atomic mass is 35.5. The molecule has 1 aromatic carbocycles. The molecule has 8 heteroatoms. The van der Waals surface area contributed by atoms with Gasteiger partial charge in [-0.3, -0.25) is 14.5 Å². The second kappa shape index (κ2) is 9.03. The summed E-state index contributed by atoms with van der Waals surface area (Å²) in [5.41, 5.74) is 1.37. The average Bonchev–Trinajstić information content (AvgIpc) is 3.20. The van der Waals surface area contributed by atoms with Gasteiger partial charge in [0.25, 0.3) is 0 Å². The highest BCUT2D eigenvalue weighted by Crippen LogP contribution is 2.22. The molecule has 1 atom stereocenters. The Kier molecular flexibility index (Phi) is 6.49. The molecule has 1 unspecified atom stereocenters. The van der Waals surface area contributed by atoms with Crippen molar-refractivity contribution in [2.75, 3.05) is 38.2 Å². The van der Waals surface area contributed by atoms with Crippen molar-refractivity contribution in [1.82, 2.24) is 10.2 Å². The molecule has 0 spiro atoms. The summed E-state index contributed by atoms with van der Waals surface area (Å²) >= 11 is 6.04. The van der Waals surface area contributed by atoms with E-state index in [1.165, 1.54) is 0 Å². The number of hydrogen-bond acceptors (Lipinski definition) is 5. The molecule has 0 aliphatic carbocycles. The molecule has 1 aliphatic heterocycles. The van der Waals surface area contributed by atoms with Gasteiger partial charge in [0.15, 0.2) is 0 Å². The summed E-state index contributed by atoms with van der Waals surface area (Å²) in [7, 11) is 0. The van der Waals surface area contributed by atoms with Crippen molar-refractivity contribution in [2.45, 2.75) is 13.0 Å². The zero-order valence-corrected chi connectivity index (χ0v) is 15.8. The van der Waals surface area contributed by atoms with Crippen molar-refractivity contribution in [3.63, 3.8) is 0 Å². The fraction of sp³-hybridized carbons (Fsp3) is 0.368. The predicted molar refractivity (Wildman–Crippen MR) is 102 cm³/mol. The lowest BCUT2D eigenvalue weighted by atomic mass is 10.1. The summed E-state index contributed by atoms with van der Waals surface area (Å²) < 4.78 is 10.9. The lowest BCUT2D eigenvalue weighted by Crippen LogP contribution is -2.45. The van der Waals surface area contributed by atoms with Gasteiger partial charge >= 0.3 is 11.8 Å². The normalized spacial score (nSPS) is 15.9. The van der Waals surface area contributed by atoms with Gasteiger partial charge in [0, 0.05) is 30.3 Å². The molecule has 2 heterocycles. The van der Waals surface area contributed by atoms with E-state index < -0.39 is 11.8 Å². The van der Waals surface area contributed by atoms with E-state index in [0.717, 1.165) is 24.4 Å². The van der Waals surface area contributed by atoms with E-state index in [1.807, 2.05) is 13.0 Å². The van der Waals surface area contributed by atoms with Gasteiger partial charge in [-0.2, -0.15) is 0 Å². The van der Waals surface area contributed by atoms with Crippen LogP contribution in [0.2, 0.25) is 5.02 Å². The molecule has 1 aliphatic rings. The van der Waals surface area contributed by atoms with E-state index in [1.54, 1.807) is 30.5 Å². The molecule has 144 valence electrons. The van der Waals surface area contributed by atoms with Gasteiger partial charge in [0.05, 0.1) is 25.5 Å². The maximum Gasteiger partial charge on any atom is 0.313 e. The molecule has 2 N–H and O–H groups in total. The predicted octanol–water partition coefficient (Wildman–Crippen LogP) is 2.37. The molecule has 27 heavy (non-hydrogen) atoms. The minimum Gasteiger partial charge on any atom is -0.468 e. The minimum absolute atomic E-state index is 0.158. The number of hydrogen-bond donors (Lipinski definition) is 2. The first-order valence-electron chi connectivity index (χ1n) is 8.75. The molecule has 1 saturated heterocycles. The highest BCUT2D eigenvalue weighted by molar-refractivity contribution is 6.39. The summed E-state index contributed by atoms with van der Waals surface area (Å²) in [5.74, 6) is -0.713. The largest absolute Gasteiger partial charge is 0.468 e. The van der Waals surface area contributed by atoms with Gasteiger partial charge in [-0.15, -0.1) is 0 Å². The zero-order chi connectivity index (χ0) is 19.2. The highest BCUT2D eigenvalue weighted by Gasteiger charge is 2.26. The maximum atomic E-state index is 12.2. The second-order valence-electron chi connectivity index (χ2n) is 6.31. The third-order valence-corrected chi connectivity index (χ3v) is 4.86. The number of carbonyl (C=O) groups excluding carboxylic acids is 2. The van der Waals surface area contributed by atoms with Crippen molar-refractivity contribution < 1.29 is 18.7 Å². The Bertz CT molecular complexity index is 788. The summed E-state index contributed by atoms with van der Waals surface area (Å²) in [6, 6.07) is 8.60. The number of morpholine rings is 1. The third kappa shape index (κ3) is 5.09. The van der Waals surface area contributed by atoms with Crippen LogP contribution in [0.15, 0.2) is 41.0 Å². The number of anilines is 1. The van der Waals surface area contributed by atoms with Crippen LogP contribution in [0.25, 0.3) is 0 Å². The number of ether oxygens (including phenoxy) is 1. The van der Waals surface area contributed by atoms with E-state index in [2.05, 4.69) is 15.5 Å². The van der Waals surface area contributed by atoms with Crippen LogP contribution in [0, 0.1) is 6.92 Å². The van der Waals surface area contributed by atoms with Crippen LogP contribution in [0.1, 0.15) is 17.4 Å². The molecule has 3 rings (SSSR count). The molecule has 1 aromatic heterocycles. The zero-order valence-electron chi connectivity index (χ0n) is 15.0. The van der Waals surface area contributed by atoms with Gasteiger partial charge in [0.2, 0.25) is 0 Å². The molecule has 0 saturated carbocycles. The first kappa shape index (κ1) is 19.4. The Hall–Kier alpha value is -2.35. The van der Waals surface area contributed by atoms with Crippen LogP contribution < -0.4 is 10.6 Å². The Morgan fingerprint density at radius 1 is 1.22 bits per heavy atom. The maximum absolute atomic E-state index is 12.2. The number of amides is 2. The van der Waals surface area contributed by atoms with Crippen molar-refractivity contribution in [2.24, 2.45) is 0 Å². The molecule has 7 nitrogen and oxygen atoms in total. The van der Waals surface area contributed by atoms with Crippen LogP contribution in [-0.2, 0) is 14.3 Å². The Balaban J connectivity index is 1.59. The van der Waals surface area contributed by atoms with E-state index in [4.69, 9.17) is 20.8 Å². The number of halogens is 1. The third-order valence-electron chi connectivity index (χ3n) is 4.45. The van der Waals surface area contributed by atoms with Crippen LogP contribution in [-0.4, -0.2) is 49.6 Å². The Morgan fingerprint density at radius 2 is 2.00 bits per heavy atom. The van der Waals surface area contributed by atoms with Gasteiger partial charge in [-0.05, 0) is 36.8 Å². The summed E-state index contributed by atoms with van der Waals surface area (Å²) in [4.78, 5) is 26.6. The quantitative estimate of drug-likeness (QED) is 0.764. The van der Waals surface area contributed by atoms with E-state index >= 15 is 0 Å². The molecule has 0 bridgehead atoms. The number of rotatable bonds is 5. The van der Waals surface area contributed by atoms with Crippen molar-refractivity contribution in [3.05, 3.63) is 52.9 Å². The first-order valence-corrected chi connectivity index (χ1v) is 9.13. The summed E-state index contributed by atoms with van der Waals surface area (Å²) in [5, 5.41) is 5.77. The fourth-order valence-corrected chi connectivity index (χ4v) is 3.09. The monoisotopic (exact) mass is 391 g/mol. The number of carbonyl (C=O) groups is 2. The van der Waals surface area contributed by atoms with Gasteiger partial charge < -0.3 is 19.8 Å². The van der Waals surface area contributed by atoms with Gasteiger partial charge in [0.1, 0.15) is 5.76 Å². The topological polar surface area (TPSA) is 83.8 Å². The number of nitrogens with zero attached hydrogens (tertiary/aromatic N) is 1. The fourth-order valence-electron chi connectivity index (χ4n) is 2.91. The molecule has 2 aromatic rings. The van der Waals surface area contributed by atoms with Crippen molar-refractivity contribution in [3.8, 4) is 0 Å². The number of aryl methyl sites for hydroxylation is 1. The Labute approximate surface area is 162 Å². The molecular formula is C19H22ClN3O4.